The van der Waals surface area contributed by atoms with Crippen LogP contribution in [0.5, 0.6) is 0 Å². The van der Waals surface area contributed by atoms with Gasteiger partial charge in [-0.3, -0.25) is 0 Å². The van der Waals surface area contributed by atoms with E-state index in [1.807, 2.05) is 31.2 Å². The van der Waals surface area contributed by atoms with Crippen molar-refractivity contribution in [2.75, 3.05) is 16.8 Å². The van der Waals surface area contributed by atoms with Gasteiger partial charge in [-0.2, -0.15) is 4.98 Å². The molecule has 2 N–H and O–H groups in total. The van der Waals surface area contributed by atoms with Gasteiger partial charge in [0.2, 0.25) is 5.95 Å². The van der Waals surface area contributed by atoms with Gasteiger partial charge in [-0.05, 0) is 49.2 Å². The van der Waals surface area contributed by atoms with Crippen LogP contribution < -0.4 is 15.5 Å². The highest BCUT2D eigenvalue weighted by molar-refractivity contribution is 7.80. The van der Waals surface area contributed by atoms with Crippen LogP contribution in [0.3, 0.4) is 0 Å². The van der Waals surface area contributed by atoms with E-state index in [1.54, 1.807) is 0 Å². The molecule has 0 radical (unpaired) electrons. The number of benzene rings is 2. The van der Waals surface area contributed by atoms with E-state index in [0.29, 0.717) is 11.1 Å². The lowest BCUT2D eigenvalue weighted by atomic mass is 10.00. The highest BCUT2D eigenvalue weighted by atomic mass is 32.1. The molecule has 2 heterocycles. The van der Waals surface area contributed by atoms with Crippen molar-refractivity contribution in [3.8, 4) is 0 Å². The van der Waals surface area contributed by atoms with Crippen LogP contribution in [0.1, 0.15) is 35.3 Å². The molecule has 29 heavy (non-hydrogen) atoms. The molecule has 0 fully saturated rings. The highest BCUT2D eigenvalue weighted by Crippen LogP contribution is 2.24. The Morgan fingerprint density at radius 2 is 1.76 bits per heavy atom. The maximum atomic E-state index is 5.49. The lowest BCUT2D eigenvalue weighted by Gasteiger charge is -2.30. The molecule has 148 valence electrons. The van der Waals surface area contributed by atoms with Crippen LogP contribution in [0.4, 0.5) is 11.8 Å². The zero-order valence-corrected chi connectivity index (χ0v) is 17.5. The third-order valence-corrected chi connectivity index (χ3v) is 5.39. The van der Waals surface area contributed by atoms with E-state index in [-0.39, 0.29) is 6.04 Å². The fourth-order valence-electron chi connectivity index (χ4n) is 3.62. The Bertz CT molecular complexity index is 1010. The summed E-state index contributed by atoms with van der Waals surface area (Å²) in [5, 5.41) is 6.97. The summed E-state index contributed by atoms with van der Waals surface area (Å²) in [5.41, 5.74) is 4.87. The first-order valence-corrected chi connectivity index (χ1v) is 10.3. The summed E-state index contributed by atoms with van der Waals surface area (Å²) in [7, 11) is 0. The molecule has 0 spiro atoms. The second-order valence-corrected chi connectivity index (χ2v) is 7.77. The first-order valence-electron chi connectivity index (χ1n) is 9.88. The molecule has 5 nitrogen and oxygen atoms in total. The number of anilines is 2. The molecule has 1 aliphatic rings. The maximum absolute atomic E-state index is 5.49. The SMILES string of the molecule is Cc1cc(N2CCc3ccccc3C2)nc(NC(=S)NC(C)c2ccccc2)n1. The van der Waals surface area contributed by atoms with Gasteiger partial charge in [0, 0.05) is 24.8 Å². The van der Waals surface area contributed by atoms with Gasteiger partial charge < -0.3 is 15.5 Å². The number of nitrogens with one attached hydrogen (secondary N) is 2. The predicted octanol–water partition coefficient (Wildman–Crippen LogP) is 4.40. The van der Waals surface area contributed by atoms with E-state index in [1.165, 1.54) is 16.7 Å². The summed E-state index contributed by atoms with van der Waals surface area (Å²) in [6, 6.07) is 20.9. The molecule has 0 aliphatic carbocycles. The molecule has 3 aromatic rings. The average molecular weight is 404 g/mol. The van der Waals surface area contributed by atoms with Crippen molar-refractivity contribution in [1.29, 1.82) is 0 Å². The van der Waals surface area contributed by atoms with Gasteiger partial charge in [0.05, 0.1) is 6.04 Å². The third-order valence-electron chi connectivity index (χ3n) is 5.17. The zero-order valence-electron chi connectivity index (χ0n) is 16.7. The van der Waals surface area contributed by atoms with Gasteiger partial charge in [0.1, 0.15) is 5.82 Å². The Morgan fingerprint density at radius 1 is 1.03 bits per heavy atom. The van der Waals surface area contributed by atoms with Gasteiger partial charge in [-0.1, -0.05) is 54.6 Å². The van der Waals surface area contributed by atoms with Gasteiger partial charge in [0.15, 0.2) is 5.11 Å². The van der Waals surface area contributed by atoms with E-state index in [4.69, 9.17) is 17.2 Å². The minimum atomic E-state index is 0.0964. The number of aromatic nitrogens is 2. The number of hydrogen-bond donors (Lipinski definition) is 2. The Morgan fingerprint density at radius 3 is 2.55 bits per heavy atom. The monoisotopic (exact) mass is 403 g/mol. The van der Waals surface area contributed by atoms with Crippen LogP contribution in [0.25, 0.3) is 0 Å². The van der Waals surface area contributed by atoms with Crippen LogP contribution >= 0.6 is 12.2 Å². The van der Waals surface area contributed by atoms with Crippen LogP contribution in [-0.4, -0.2) is 21.6 Å². The van der Waals surface area contributed by atoms with Gasteiger partial charge in [-0.25, -0.2) is 4.98 Å². The maximum Gasteiger partial charge on any atom is 0.231 e. The minimum Gasteiger partial charge on any atom is -0.356 e. The van der Waals surface area contributed by atoms with E-state index < -0.39 is 0 Å². The zero-order chi connectivity index (χ0) is 20.2. The number of hydrogen-bond acceptors (Lipinski definition) is 4. The summed E-state index contributed by atoms with van der Waals surface area (Å²) in [5.74, 6) is 1.45. The molecule has 1 atom stereocenters. The van der Waals surface area contributed by atoms with E-state index in [0.717, 1.165) is 31.0 Å². The summed E-state index contributed by atoms with van der Waals surface area (Å²) in [6.45, 7) is 5.87. The average Bonchev–Trinajstić information content (AvgIpc) is 2.73. The Balaban J connectivity index is 1.45. The smallest absolute Gasteiger partial charge is 0.231 e. The van der Waals surface area contributed by atoms with Crippen molar-refractivity contribution in [2.24, 2.45) is 0 Å². The number of nitrogens with zero attached hydrogens (tertiary/aromatic N) is 3. The number of rotatable bonds is 4. The lowest BCUT2D eigenvalue weighted by molar-refractivity contribution is 0.716. The summed E-state index contributed by atoms with van der Waals surface area (Å²) in [4.78, 5) is 11.5. The molecule has 4 rings (SSSR count). The van der Waals surface area contributed by atoms with Crippen molar-refractivity contribution in [2.45, 2.75) is 32.9 Å². The van der Waals surface area contributed by atoms with E-state index in [9.17, 15) is 0 Å². The van der Waals surface area contributed by atoms with Gasteiger partial charge in [0.25, 0.3) is 0 Å². The molecule has 0 amide bonds. The minimum absolute atomic E-state index is 0.0964. The molecule has 0 bridgehead atoms. The van der Waals surface area contributed by atoms with E-state index >= 15 is 0 Å². The summed E-state index contributed by atoms with van der Waals surface area (Å²) >= 11 is 5.49. The van der Waals surface area contributed by atoms with Crippen molar-refractivity contribution in [3.63, 3.8) is 0 Å². The molecule has 1 aliphatic heterocycles. The second-order valence-electron chi connectivity index (χ2n) is 7.36. The molecule has 1 unspecified atom stereocenters. The number of thiocarbonyl (C=S) groups is 1. The normalized spacial score (nSPS) is 14.1. The molecule has 6 heteroatoms. The Hall–Kier alpha value is -2.99. The first-order chi connectivity index (χ1) is 14.1. The van der Waals surface area contributed by atoms with E-state index in [2.05, 4.69) is 63.8 Å². The predicted molar refractivity (Wildman–Crippen MR) is 122 cm³/mol. The Labute approximate surface area is 177 Å². The number of aryl methyl sites for hydroxylation is 1. The molecular weight excluding hydrogens is 378 g/mol. The standard InChI is InChI=1S/C23H25N5S/c1-16-14-21(28-13-12-19-10-6-7-11-20(19)15-28)26-22(24-16)27-23(29)25-17(2)18-8-4-3-5-9-18/h3-11,14,17H,12-13,15H2,1-2H3,(H2,24,25,26,27,29). The lowest BCUT2D eigenvalue weighted by Crippen LogP contribution is -2.33. The molecule has 0 saturated carbocycles. The summed E-state index contributed by atoms with van der Waals surface area (Å²) in [6.07, 6.45) is 1.02. The first kappa shape index (κ1) is 19.3. The fourth-order valence-corrected chi connectivity index (χ4v) is 3.89. The van der Waals surface area contributed by atoms with Gasteiger partial charge in [-0.15, -0.1) is 0 Å². The second kappa shape index (κ2) is 8.57. The number of fused-ring (bicyclic) bond motifs is 1. The van der Waals surface area contributed by atoms with Crippen molar-refractivity contribution >= 4 is 29.1 Å². The van der Waals surface area contributed by atoms with Crippen molar-refractivity contribution < 1.29 is 0 Å². The van der Waals surface area contributed by atoms with Crippen molar-refractivity contribution in [3.05, 3.63) is 83.0 Å². The third kappa shape index (κ3) is 4.71. The molecular formula is C23H25N5S. The highest BCUT2D eigenvalue weighted by Gasteiger charge is 2.18. The summed E-state index contributed by atoms with van der Waals surface area (Å²) < 4.78 is 0. The topological polar surface area (TPSA) is 53.1 Å². The van der Waals surface area contributed by atoms with Gasteiger partial charge >= 0.3 is 0 Å². The largest absolute Gasteiger partial charge is 0.356 e. The van der Waals surface area contributed by atoms with Crippen LogP contribution in [-0.2, 0) is 13.0 Å². The molecule has 0 saturated heterocycles. The molecule has 1 aromatic heterocycles. The fraction of sp³-hybridized carbons (Fsp3) is 0.261. The van der Waals surface area contributed by atoms with Crippen LogP contribution in [0.2, 0.25) is 0 Å². The van der Waals surface area contributed by atoms with Crippen molar-refractivity contribution in [1.82, 2.24) is 15.3 Å². The van der Waals surface area contributed by atoms with Crippen LogP contribution in [0, 0.1) is 6.92 Å². The van der Waals surface area contributed by atoms with Crippen LogP contribution in [0.15, 0.2) is 60.7 Å². The Kier molecular flexibility index (Phi) is 5.71. The molecule has 2 aromatic carbocycles. The quantitative estimate of drug-likeness (QED) is 0.630.